The summed E-state index contributed by atoms with van der Waals surface area (Å²) in [5.74, 6) is -5.21. The highest BCUT2D eigenvalue weighted by Crippen LogP contribution is 2.17. The van der Waals surface area contributed by atoms with Crippen molar-refractivity contribution in [1.82, 2.24) is 26.6 Å². The summed E-state index contributed by atoms with van der Waals surface area (Å²) in [6.07, 6.45) is -0.460. The van der Waals surface area contributed by atoms with Gasteiger partial charge in [-0.3, -0.25) is 28.8 Å². The van der Waals surface area contributed by atoms with Crippen LogP contribution in [0.5, 0.6) is 0 Å². The number of hydrogen-bond donors (Lipinski definition) is 6. The first-order chi connectivity index (χ1) is 26.8. The number of alkyl carbamates (subject to hydrolysis) is 1. The molecule has 0 saturated carbocycles. The Morgan fingerprint density at radius 3 is 1.84 bits per heavy atom. The van der Waals surface area contributed by atoms with Crippen molar-refractivity contribution in [3.8, 4) is 0 Å². The van der Waals surface area contributed by atoms with Gasteiger partial charge in [0.2, 0.25) is 29.4 Å². The molecule has 0 fully saturated rings. The predicted molar refractivity (Wildman–Crippen MR) is 209 cm³/mol. The van der Waals surface area contributed by atoms with E-state index in [9.17, 15) is 33.6 Å². The fraction of sp³-hybridized carbons (Fsp3) is 0.310. The second-order valence-corrected chi connectivity index (χ2v) is 13.8. The fourth-order valence-corrected chi connectivity index (χ4v) is 5.83. The summed E-state index contributed by atoms with van der Waals surface area (Å²) in [5, 5.41) is 14.4. The molecule has 4 aromatic rings. The number of ether oxygens (including phenoxy) is 1. The molecule has 7 N–H and O–H groups in total. The summed E-state index contributed by atoms with van der Waals surface area (Å²) < 4.78 is 5.34. The first-order valence-electron chi connectivity index (χ1n) is 18.3. The van der Waals surface area contributed by atoms with Crippen LogP contribution in [-0.2, 0) is 53.0 Å². The molecule has 4 rings (SSSR count). The van der Waals surface area contributed by atoms with Crippen LogP contribution in [0.25, 0.3) is 10.8 Å². The SMILES string of the molecule is CC(C)C[C@H](NC(=O)[C@H](Cc1ccccc1)NC(=O)OCc1ccccc1)C(=O)NC(C)C(=O)C(=O)NCC(=O)N[C@@H](Cc1ccc2ccccc2c1)C(N)=O. The molecule has 0 spiro atoms. The highest BCUT2D eigenvalue weighted by molar-refractivity contribution is 6.38. The molecule has 294 valence electrons. The van der Waals surface area contributed by atoms with E-state index in [4.69, 9.17) is 10.5 Å². The van der Waals surface area contributed by atoms with Gasteiger partial charge in [0.1, 0.15) is 24.7 Å². The molecule has 0 aliphatic carbocycles. The third-order valence-electron chi connectivity index (χ3n) is 8.76. The number of carbonyl (C=O) groups excluding carboxylic acids is 7. The summed E-state index contributed by atoms with van der Waals surface area (Å²) in [6.45, 7) is 4.32. The van der Waals surface area contributed by atoms with E-state index < -0.39 is 72.1 Å². The second-order valence-electron chi connectivity index (χ2n) is 13.8. The summed E-state index contributed by atoms with van der Waals surface area (Å²) in [7, 11) is 0. The number of benzene rings is 4. The molecule has 56 heavy (non-hydrogen) atoms. The molecule has 0 saturated heterocycles. The highest BCUT2D eigenvalue weighted by Gasteiger charge is 2.31. The van der Waals surface area contributed by atoms with Crippen molar-refractivity contribution in [2.75, 3.05) is 6.54 Å². The van der Waals surface area contributed by atoms with Gasteiger partial charge in [-0.1, -0.05) is 117 Å². The van der Waals surface area contributed by atoms with Gasteiger partial charge in [-0.15, -0.1) is 0 Å². The molecule has 14 heteroatoms. The van der Waals surface area contributed by atoms with Crippen LogP contribution >= 0.6 is 0 Å². The average molecular weight is 765 g/mol. The van der Waals surface area contributed by atoms with Gasteiger partial charge in [0.05, 0.1) is 12.6 Å². The zero-order valence-electron chi connectivity index (χ0n) is 31.6. The van der Waals surface area contributed by atoms with Gasteiger partial charge in [0.25, 0.3) is 5.91 Å². The number of primary amides is 1. The lowest BCUT2D eigenvalue weighted by Gasteiger charge is -2.25. The van der Waals surface area contributed by atoms with Crippen LogP contribution in [0.3, 0.4) is 0 Å². The van der Waals surface area contributed by atoms with E-state index in [1.165, 1.54) is 6.92 Å². The minimum atomic E-state index is -1.34. The van der Waals surface area contributed by atoms with E-state index in [1.807, 2.05) is 68.4 Å². The number of rotatable bonds is 19. The lowest BCUT2D eigenvalue weighted by atomic mass is 10.0. The van der Waals surface area contributed by atoms with Crippen LogP contribution in [0.4, 0.5) is 4.79 Å². The maximum absolute atomic E-state index is 13.6. The Morgan fingerprint density at radius 1 is 0.607 bits per heavy atom. The molecular formula is C42H48N6O8. The van der Waals surface area contributed by atoms with E-state index in [2.05, 4.69) is 26.6 Å². The lowest BCUT2D eigenvalue weighted by Crippen LogP contribution is -2.57. The Kier molecular flexibility index (Phi) is 15.6. The molecule has 0 aromatic heterocycles. The summed E-state index contributed by atoms with van der Waals surface area (Å²) in [4.78, 5) is 90.4. The minimum Gasteiger partial charge on any atom is -0.445 e. The third kappa shape index (κ3) is 13.4. The number of carbonyl (C=O) groups is 7. The molecule has 0 heterocycles. The maximum Gasteiger partial charge on any atom is 0.408 e. The van der Waals surface area contributed by atoms with Crippen LogP contribution in [0.15, 0.2) is 103 Å². The second kappa shape index (κ2) is 20.8. The Bertz CT molecular complexity index is 2010. The number of Topliss-reactive ketones (excluding diaryl/α,β-unsaturated/α-hetero) is 1. The minimum absolute atomic E-state index is 0.0190. The Balaban J connectivity index is 1.32. The molecule has 0 radical (unpaired) electrons. The quantitative estimate of drug-likeness (QED) is 0.0779. The standard InChI is InChI=1S/C42H48N6O8/c1-26(2)20-34(47-40(53)35(22-28-12-6-4-7-13-28)48-42(55)56-25-29-14-8-5-9-15-29)39(52)45-27(3)37(50)41(54)44-24-36(49)46-33(38(43)51)23-30-18-19-31-16-10-11-17-32(31)21-30/h4-19,21,26-27,33-35H,20,22-25H2,1-3H3,(H2,43,51)(H,44,54)(H,45,52)(H,46,49)(H,47,53)(H,48,55)/t27?,33-,34-,35-/m0/s1. The van der Waals surface area contributed by atoms with Crippen molar-refractivity contribution in [2.45, 2.75) is 70.8 Å². The zero-order valence-corrected chi connectivity index (χ0v) is 31.6. The van der Waals surface area contributed by atoms with E-state index in [-0.39, 0.29) is 31.8 Å². The molecule has 14 nitrogen and oxygen atoms in total. The van der Waals surface area contributed by atoms with Crippen molar-refractivity contribution >= 4 is 52.2 Å². The first kappa shape index (κ1) is 42.2. The largest absolute Gasteiger partial charge is 0.445 e. The summed E-state index contributed by atoms with van der Waals surface area (Å²) >= 11 is 0. The summed E-state index contributed by atoms with van der Waals surface area (Å²) in [6, 6.07) is 26.6. The van der Waals surface area contributed by atoms with Crippen LogP contribution in [0.1, 0.15) is 43.9 Å². The van der Waals surface area contributed by atoms with Crippen LogP contribution < -0.4 is 32.3 Å². The van der Waals surface area contributed by atoms with Crippen molar-refractivity contribution in [1.29, 1.82) is 0 Å². The van der Waals surface area contributed by atoms with E-state index >= 15 is 0 Å². The van der Waals surface area contributed by atoms with Gasteiger partial charge in [0.15, 0.2) is 0 Å². The Hall–Kier alpha value is -6.57. The van der Waals surface area contributed by atoms with Gasteiger partial charge in [0, 0.05) is 12.8 Å². The van der Waals surface area contributed by atoms with Crippen LogP contribution in [0.2, 0.25) is 0 Å². The van der Waals surface area contributed by atoms with Gasteiger partial charge in [-0.05, 0) is 46.7 Å². The van der Waals surface area contributed by atoms with E-state index in [0.29, 0.717) is 0 Å². The summed E-state index contributed by atoms with van der Waals surface area (Å²) in [5.41, 5.74) is 7.80. The number of hydrogen-bond acceptors (Lipinski definition) is 8. The molecule has 0 aliphatic rings. The van der Waals surface area contributed by atoms with Gasteiger partial charge in [-0.25, -0.2) is 4.79 Å². The fourth-order valence-electron chi connectivity index (χ4n) is 5.83. The molecule has 0 aliphatic heterocycles. The Labute approximate surface area is 325 Å². The van der Waals surface area contributed by atoms with Crippen molar-refractivity contribution in [3.05, 3.63) is 120 Å². The zero-order chi connectivity index (χ0) is 40.6. The monoisotopic (exact) mass is 764 g/mol. The van der Waals surface area contributed by atoms with E-state index in [0.717, 1.165) is 27.5 Å². The van der Waals surface area contributed by atoms with Crippen LogP contribution in [0, 0.1) is 5.92 Å². The average Bonchev–Trinajstić information content (AvgIpc) is 3.18. The lowest BCUT2D eigenvalue weighted by molar-refractivity contribution is -0.140. The molecule has 4 aromatic carbocycles. The number of ketones is 1. The molecule has 4 atom stereocenters. The molecule has 1 unspecified atom stereocenters. The maximum atomic E-state index is 13.6. The molecular weight excluding hydrogens is 716 g/mol. The van der Waals surface area contributed by atoms with Crippen LogP contribution in [-0.4, -0.2) is 72.1 Å². The molecule has 0 bridgehead atoms. The predicted octanol–water partition coefficient (Wildman–Crippen LogP) is 2.61. The number of fused-ring (bicyclic) bond motifs is 1. The Morgan fingerprint density at radius 2 is 1.20 bits per heavy atom. The van der Waals surface area contributed by atoms with Gasteiger partial charge in [-0.2, -0.15) is 0 Å². The van der Waals surface area contributed by atoms with E-state index in [1.54, 1.807) is 48.5 Å². The van der Waals surface area contributed by atoms with Crippen molar-refractivity contribution in [3.63, 3.8) is 0 Å². The number of amides is 6. The third-order valence-corrected chi connectivity index (χ3v) is 8.76. The number of nitrogens with one attached hydrogen (secondary N) is 5. The normalized spacial score (nSPS) is 13.0. The van der Waals surface area contributed by atoms with Crippen molar-refractivity contribution < 1.29 is 38.3 Å². The first-order valence-corrected chi connectivity index (χ1v) is 18.3. The topological polar surface area (TPSA) is 215 Å². The van der Waals surface area contributed by atoms with Crippen molar-refractivity contribution in [2.24, 2.45) is 11.7 Å². The number of nitrogens with two attached hydrogens (primary N) is 1. The van der Waals surface area contributed by atoms with Gasteiger partial charge < -0.3 is 37.1 Å². The van der Waals surface area contributed by atoms with Gasteiger partial charge >= 0.3 is 6.09 Å². The highest BCUT2D eigenvalue weighted by atomic mass is 16.5. The molecule has 6 amide bonds. The smallest absolute Gasteiger partial charge is 0.408 e.